The molecular weight excluding hydrogens is 201 g/mol. The molecule has 0 aromatic heterocycles. The molecule has 2 heteroatoms. The van der Waals surface area contributed by atoms with Crippen molar-refractivity contribution in [2.75, 3.05) is 0 Å². The predicted octanol–water partition coefficient (Wildman–Crippen LogP) is 3.29. The topological polar surface area (TPSA) is 12.0 Å². The van der Waals surface area contributed by atoms with Gasteiger partial charge in [-0.2, -0.15) is 0 Å². The molecule has 88 valence electrons. The first-order chi connectivity index (χ1) is 7.55. The van der Waals surface area contributed by atoms with Gasteiger partial charge in [-0.1, -0.05) is 18.6 Å². The van der Waals surface area contributed by atoms with Gasteiger partial charge < -0.3 is 5.32 Å². The lowest BCUT2D eigenvalue weighted by Gasteiger charge is -2.37. The van der Waals surface area contributed by atoms with E-state index in [0.29, 0.717) is 6.04 Å². The van der Waals surface area contributed by atoms with E-state index in [1.54, 1.807) is 12.1 Å². The van der Waals surface area contributed by atoms with Crippen molar-refractivity contribution in [3.63, 3.8) is 0 Å². The second kappa shape index (κ2) is 4.54. The van der Waals surface area contributed by atoms with Crippen LogP contribution >= 0.6 is 0 Å². The molecule has 1 atom stereocenters. The molecule has 1 heterocycles. The molecule has 0 aliphatic carbocycles. The molecule has 1 aliphatic heterocycles. The largest absolute Gasteiger partial charge is 0.309 e. The van der Waals surface area contributed by atoms with Gasteiger partial charge in [-0.05, 0) is 50.8 Å². The predicted molar refractivity (Wildman–Crippen MR) is 65.0 cm³/mol. The van der Waals surface area contributed by atoms with Crippen molar-refractivity contribution in [2.45, 2.75) is 51.1 Å². The molecule has 1 nitrogen and oxygen atoms in total. The quantitative estimate of drug-likeness (QED) is 0.808. The highest BCUT2D eigenvalue weighted by Crippen LogP contribution is 2.23. The van der Waals surface area contributed by atoms with Crippen molar-refractivity contribution in [3.8, 4) is 0 Å². The molecule has 0 bridgehead atoms. The van der Waals surface area contributed by atoms with Crippen molar-refractivity contribution in [1.82, 2.24) is 5.32 Å². The molecule has 16 heavy (non-hydrogen) atoms. The van der Waals surface area contributed by atoms with Gasteiger partial charge in [-0.15, -0.1) is 0 Å². The minimum atomic E-state index is -0.132. The Labute approximate surface area is 97.1 Å². The van der Waals surface area contributed by atoms with Gasteiger partial charge in [-0.3, -0.25) is 0 Å². The fourth-order valence-corrected chi connectivity index (χ4v) is 2.59. The van der Waals surface area contributed by atoms with Crippen LogP contribution in [-0.2, 0) is 6.42 Å². The van der Waals surface area contributed by atoms with Crippen LogP contribution in [-0.4, -0.2) is 11.6 Å². The van der Waals surface area contributed by atoms with E-state index in [1.165, 1.54) is 25.3 Å². The average molecular weight is 221 g/mol. The third-order valence-electron chi connectivity index (χ3n) is 3.32. The fourth-order valence-electron chi connectivity index (χ4n) is 2.59. The number of hydrogen-bond acceptors (Lipinski definition) is 1. The summed E-state index contributed by atoms with van der Waals surface area (Å²) in [5.41, 5.74) is 1.33. The van der Waals surface area contributed by atoms with Crippen molar-refractivity contribution < 1.29 is 4.39 Å². The average Bonchev–Trinajstić information content (AvgIpc) is 2.15. The smallest absolute Gasteiger partial charge is 0.123 e. The SMILES string of the molecule is CC1(C)CCCC(Cc2cccc(F)c2)N1. The molecule has 1 aliphatic rings. The molecule has 0 saturated carbocycles. The molecule has 0 radical (unpaired) electrons. The van der Waals surface area contributed by atoms with Crippen LogP contribution in [0.4, 0.5) is 4.39 Å². The molecule has 1 saturated heterocycles. The summed E-state index contributed by atoms with van der Waals surface area (Å²) in [6, 6.07) is 7.43. The minimum Gasteiger partial charge on any atom is -0.309 e. The highest BCUT2D eigenvalue weighted by atomic mass is 19.1. The van der Waals surface area contributed by atoms with E-state index in [-0.39, 0.29) is 11.4 Å². The lowest BCUT2D eigenvalue weighted by molar-refractivity contribution is 0.242. The van der Waals surface area contributed by atoms with Gasteiger partial charge in [0.2, 0.25) is 0 Å². The van der Waals surface area contributed by atoms with Crippen LogP contribution in [0.3, 0.4) is 0 Å². The minimum absolute atomic E-state index is 0.132. The van der Waals surface area contributed by atoms with E-state index in [4.69, 9.17) is 0 Å². The summed E-state index contributed by atoms with van der Waals surface area (Å²) in [7, 11) is 0. The monoisotopic (exact) mass is 221 g/mol. The van der Waals surface area contributed by atoms with Crippen LogP contribution in [0.2, 0.25) is 0 Å². The van der Waals surface area contributed by atoms with Crippen molar-refractivity contribution in [3.05, 3.63) is 35.6 Å². The molecule has 2 rings (SSSR count). The zero-order valence-corrected chi connectivity index (χ0v) is 10.1. The first kappa shape index (κ1) is 11.6. The number of hydrogen-bond donors (Lipinski definition) is 1. The lowest BCUT2D eigenvalue weighted by Crippen LogP contribution is -2.50. The molecule has 1 aromatic carbocycles. The van der Waals surface area contributed by atoms with E-state index in [0.717, 1.165) is 12.0 Å². The Bertz CT molecular complexity index is 360. The van der Waals surface area contributed by atoms with Gasteiger partial charge >= 0.3 is 0 Å². The number of rotatable bonds is 2. The standard InChI is InChI=1S/C14H20FN/c1-14(2)8-4-7-13(16-14)10-11-5-3-6-12(15)9-11/h3,5-6,9,13,16H,4,7-8,10H2,1-2H3. The van der Waals surface area contributed by atoms with E-state index in [1.807, 2.05) is 6.07 Å². The van der Waals surface area contributed by atoms with Crippen LogP contribution in [0.25, 0.3) is 0 Å². The van der Waals surface area contributed by atoms with Gasteiger partial charge in [0.15, 0.2) is 0 Å². The Hall–Kier alpha value is -0.890. The summed E-state index contributed by atoms with van der Waals surface area (Å²) in [6.45, 7) is 4.48. The molecular formula is C14H20FN. The highest BCUT2D eigenvalue weighted by molar-refractivity contribution is 5.17. The Morgan fingerprint density at radius 2 is 2.25 bits per heavy atom. The number of piperidine rings is 1. The summed E-state index contributed by atoms with van der Waals surface area (Å²) >= 11 is 0. The Balaban J connectivity index is 1.99. The summed E-state index contributed by atoms with van der Waals surface area (Å²) in [6.07, 6.45) is 4.62. The molecule has 1 N–H and O–H groups in total. The maximum Gasteiger partial charge on any atom is 0.123 e. The number of nitrogens with one attached hydrogen (secondary N) is 1. The van der Waals surface area contributed by atoms with Crippen LogP contribution in [0.15, 0.2) is 24.3 Å². The molecule has 1 aromatic rings. The third-order valence-corrected chi connectivity index (χ3v) is 3.32. The zero-order chi connectivity index (χ0) is 11.6. The van der Waals surface area contributed by atoms with Gasteiger partial charge in [-0.25, -0.2) is 4.39 Å². The summed E-state index contributed by atoms with van der Waals surface area (Å²) < 4.78 is 13.1. The van der Waals surface area contributed by atoms with Crippen LogP contribution in [0, 0.1) is 5.82 Å². The summed E-state index contributed by atoms with van der Waals surface area (Å²) in [5, 5.41) is 3.64. The first-order valence-corrected chi connectivity index (χ1v) is 6.07. The molecule has 1 unspecified atom stereocenters. The highest BCUT2D eigenvalue weighted by Gasteiger charge is 2.26. The van der Waals surface area contributed by atoms with Gasteiger partial charge in [0.25, 0.3) is 0 Å². The zero-order valence-electron chi connectivity index (χ0n) is 10.1. The van der Waals surface area contributed by atoms with Gasteiger partial charge in [0.05, 0.1) is 0 Å². The van der Waals surface area contributed by atoms with Crippen molar-refractivity contribution >= 4 is 0 Å². The van der Waals surface area contributed by atoms with Crippen LogP contribution in [0.1, 0.15) is 38.7 Å². The van der Waals surface area contributed by atoms with E-state index >= 15 is 0 Å². The summed E-state index contributed by atoms with van der Waals surface area (Å²) in [4.78, 5) is 0. The van der Waals surface area contributed by atoms with Crippen LogP contribution in [0.5, 0.6) is 0 Å². The normalized spacial score (nSPS) is 24.3. The molecule has 0 spiro atoms. The Morgan fingerprint density at radius 1 is 1.44 bits per heavy atom. The third kappa shape index (κ3) is 3.05. The Kier molecular flexibility index (Phi) is 3.29. The second-order valence-corrected chi connectivity index (χ2v) is 5.45. The van der Waals surface area contributed by atoms with Gasteiger partial charge in [0.1, 0.15) is 5.82 Å². The lowest BCUT2D eigenvalue weighted by atomic mass is 9.87. The van der Waals surface area contributed by atoms with Crippen molar-refractivity contribution in [2.24, 2.45) is 0 Å². The van der Waals surface area contributed by atoms with E-state index in [9.17, 15) is 4.39 Å². The number of benzene rings is 1. The van der Waals surface area contributed by atoms with E-state index < -0.39 is 0 Å². The Morgan fingerprint density at radius 3 is 2.94 bits per heavy atom. The van der Waals surface area contributed by atoms with E-state index in [2.05, 4.69) is 19.2 Å². The second-order valence-electron chi connectivity index (χ2n) is 5.45. The first-order valence-electron chi connectivity index (χ1n) is 6.07. The van der Waals surface area contributed by atoms with Gasteiger partial charge in [0, 0.05) is 11.6 Å². The molecule has 1 fully saturated rings. The maximum absolute atomic E-state index is 13.1. The molecule has 0 amide bonds. The van der Waals surface area contributed by atoms with Crippen LogP contribution < -0.4 is 5.32 Å². The maximum atomic E-state index is 13.1. The summed E-state index contributed by atoms with van der Waals surface area (Å²) in [5.74, 6) is -0.132. The number of halogens is 1. The van der Waals surface area contributed by atoms with Crippen molar-refractivity contribution in [1.29, 1.82) is 0 Å². The fraction of sp³-hybridized carbons (Fsp3) is 0.571.